The van der Waals surface area contributed by atoms with Crippen molar-refractivity contribution in [3.8, 4) is 0 Å². The molecule has 29 heavy (non-hydrogen) atoms. The Morgan fingerprint density at radius 2 is 1.90 bits per heavy atom. The second kappa shape index (κ2) is 12.1. The number of nitrogens with one attached hydrogen (secondary N) is 3. The van der Waals surface area contributed by atoms with Gasteiger partial charge in [0.1, 0.15) is 0 Å². The van der Waals surface area contributed by atoms with E-state index < -0.39 is 0 Å². The average Bonchev–Trinajstić information content (AvgIpc) is 2.70. The fourth-order valence-corrected chi connectivity index (χ4v) is 4.16. The predicted octanol–water partition coefficient (Wildman–Crippen LogP) is 4.47. The van der Waals surface area contributed by atoms with Gasteiger partial charge in [-0.15, -0.1) is 35.7 Å². The highest BCUT2D eigenvalue weighted by atomic mass is 127. The summed E-state index contributed by atoms with van der Waals surface area (Å²) in [6, 6.07) is 18.4. The minimum absolute atomic E-state index is 0. The van der Waals surface area contributed by atoms with E-state index in [1.54, 1.807) is 0 Å². The molecule has 5 nitrogen and oxygen atoms in total. The molecule has 156 valence electrons. The topological polar surface area (TPSA) is 65.5 Å². The van der Waals surface area contributed by atoms with Gasteiger partial charge >= 0.3 is 0 Å². The first-order valence-electron chi connectivity index (χ1n) is 9.78. The van der Waals surface area contributed by atoms with Gasteiger partial charge in [0.05, 0.1) is 6.54 Å². The molecule has 1 aliphatic rings. The van der Waals surface area contributed by atoms with Crippen LogP contribution in [0.15, 0.2) is 64.5 Å². The molecule has 2 aromatic carbocycles. The number of rotatable bonds is 7. The van der Waals surface area contributed by atoms with E-state index in [1.165, 1.54) is 10.5 Å². The summed E-state index contributed by atoms with van der Waals surface area (Å²) in [5.41, 5.74) is 2.10. The average molecular weight is 524 g/mol. The van der Waals surface area contributed by atoms with E-state index in [0.29, 0.717) is 18.2 Å². The van der Waals surface area contributed by atoms with Crippen LogP contribution in [0.5, 0.6) is 0 Å². The fraction of sp³-hybridized carbons (Fsp3) is 0.364. The molecule has 3 rings (SSSR count). The van der Waals surface area contributed by atoms with Crippen molar-refractivity contribution in [2.24, 2.45) is 4.99 Å². The number of hydrogen-bond acceptors (Lipinski definition) is 3. The molecule has 0 saturated carbocycles. The number of carbonyl (C=O) groups is 1. The number of carbonyl (C=O) groups excluding carboxylic acids is 1. The van der Waals surface area contributed by atoms with Crippen LogP contribution in [0.25, 0.3) is 0 Å². The van der Waals surface area contributed by atoms with Gasteiger partial charge in [0.25, 0.3) is 0 Å². The lowest BCUT2D eigenvalue weighted by atomic mass is 9.90. The van der Waals surface area contributed by atoms with Crippen LogP contribution in [-0.4, -0.2) is 36.8 Å². The summed E-state index contributed by atoms with van der Waals surface area (Å²) in [5.74, 6) is 1.01. The van der Waals surface area contributed by atoms with Crippen molar-refractivity contribution in [1.82, 2.24) is 10.6 Å². The molecule has 3 N–H and O–H groups in total. The van der Waals surface area contributed by atoms with Gasteiger partial charge in [-0.05, 0) is 30.7 Å². The maximum atomic E-state index is 12.0. The number of guanidine groups is 1. The van der Waals surface area contributed by atoms with Gasteiger partial charge in [-0.2, -0.15) is 0 Å². The summed E-state index contributed by atoms with van der Waals surface area (Å²) in [4.78, 5) is 18.0. The molecular weight excluding hydrogens is 495 g/mol. The zero-order valence-electron chi connectivity index (χ0n) is 16.9. The third-order valence-corrected chi connectivity index (χ3v) is 5.65. The third kappa shape index (κ3) is 7.22. The highest BCUT2D eigenvalue weighted by molar-refractivity contribution is 14.0. The third-order valence-electron chi connectivity index (χ3n) is 4.55. The Morgan fingerprint density at radius 3 is 2.66 bits per heavy atom. The van der Waals surface area contributed by atoms with Crippen molar-refractivity contribution in [1.29, 1.82) is 0 Å². The number of aliphatic imine (C=N–C) groups is 1. The van der Waals surface area contributed by atoms with Crippen molar-refractivity contribution in [2.75, 3.05) is 25.0 Å². The van der Waals surface area contributed by atoms with E-state index >= 15 is 0 Å². The SMILES string of the molecule is CCNC(=NCC(C)Sc1ccccc1)NCC1CC(=O)Nc2ccccc21.I. The Labute approximate surface area is 194 Å². The Bertz CT molecular complexity index is 815. The Hall–Kier alpha value is -1.74. The maximum absolute atomic E-state index is 12.0. The normalized spacial score (nSPS) is 16.8. The smallest absolute Gasteiger partial charge is 0.225 e. The molecule has 0 aliphatic carbocycles. The van der Waals surface area contributed by atoms with Crippen LogP contribution in [0.1, 0.15) is 31.7 Å². The van der Waals surface area contributed by atoms with Gasteiger partial charge in [0, 0.05) is 41.3 Å². The standard InChI is InChI=1S/C22H28N4OS.HI/c1-3-23-22(24-14-16(2)28-18-9-5-4-6-10-18)25-15-17-13-21(27)26-20-12-8-7-11-19(17)20;/h4-12,16-17H,3,13-15H2,1-2H3,(H,26,27)(H2,23,24,25);1H. The summed E-state index contributed by atoms with van der Waals surface area (Å²) in [6.45, 7) is 6.44. The van der Waals surface area contributed by atoms with E-state index in [2.05, 4.69) is 60.1 Å². The van der Waals surface area contributed by atoms with Crippen molar-refractivity contribution < 1.29 is 4.79 Å². The second-order valence-corrected chi connectivity index (χ2v) is 8.39. The largest absolute Gasteiger partial charge is 0.357 e. The highest BCUT2D eigenvalue weighted by Crippen LogP contribution is 2.31. The number of amides is 1. The minimum atomic E-state index is 0. The minimum Gasteiger partial charge on any atom is -0.357 e. The molecule has 0 radical (unpaired) electrons. The Balaban J connectivity index is 0.00000300. The molecule has 2 unspecified atom stereocenters. The van der Waals surface area contributed by atoms with Crippen LogP contribution < -0.4 is 16.0 Å². The van der Waals surface area contributed by atoms with Gasteiger partial charge in [-0.1, -0.05) is 43.3 Å². The summed E-state index contributed by atoms with van der Waals surface area (Å²) >= 11 is 1.83. The quantitative estimate of drug-likeness (QED) is 0.217. The molecule has 1 amide bonds. The van der Waals surface area contributed by atoms with Crippen LogP contribution in [0.4, 0.5) is 5.69 Å². The zero-order valence-corrected chi connectivity index (χ0v) is 20.0. The number of para-hydroxylation sites is 1. The molecule has 1 heterocycles. The number of nitrogens with zero attached hydrogens (tertiary/aromatic N) is 1. The van der Waals surface area contributed by atoms with Gasteiger partial charge in [0.2, 0.25) is 5.91 Å². The van der Waals surface area contributed by atoms with Crippen molar-refractivity contribution in [3.05, 3.63) is 60.2 Å². The first-order chi connectivity index (χ1) is 13.7. The molecule has 0 aromatic heterocycles. The molecule has 0 fully saturated rings. The number of fused-ring (bicyclic) bond motifs is 1. The van der Waals surface area contributed by atoms with E-state index in [0.717, 1.165) is 24.7 Å². The van der Waals surface area contributed by atoms with Gasteiger partial charge in [0.15, 0.2) is 5.96 Å². The number of halogens is 1. The lowest BCUT2D eigenvalue weighted by Crippen LogP contribution is -2.41. The number of hydrogen-bond donors (Lipinski definition) is 3. The van der Waals surface area contributed by atoms with Gasteiger partial charge < -0.3 is 16.0 Å². The van der Waals surface area contributed by atoms with Crippen LogP contribution in [0, 0.1) is 0 Å². The van der Waals surface area contributed by atoms with Crippen LogP contribution in [0.2, 0.25) is 0 Å². The summed E-state index contributed by atoms with van der Waals surface area (Å²) in [5, 5.41) is 10.1. The molecule has 7 heteroatoms. The monoisotopic (exact) mass is 524 g/mol. The summed E-state index contributed by atoms with van der Waals surface area (Å²) in [7, 11) is 0. The zero-order chi connectivity index (χ0) is 19.8. The molecule has 2 aromatic rings. The van der Waals surface area contributed by atoms with Crippen LogP contribution >= 0.6 is 35.7 Å². The highest BCUT2D eigenvalue weighted by Gasteiger charge is 2.24. The van der Waals surface area contributed by atoms with Crippen molar-refractivity contribution >= 4 is 53.3 Å². The lowest BCUT2D eigenvalue weighted by molar-refractivity contribution is -0.116. The fourth-order valence-electron chi connectivity index (χ4n) is 3.23. The molecule has 0 saturated heterocycles. The number of thioether (sulfide) groups is 1. The van der Waals surface area contributed by atoms with E-state index in [-0.39, 0.29) is 35.8 Å². The number of benzene rings is 2. The molecule has 1 aliphatic heterocycles. The summed E-state index contributed by atoms with van der Waals surface area (Å²) < 4.78 is 0. The van der Waals surface area contributed by atoms with Crippen LogP contribution in [-0.2, 0) is 4.79 Å². The first-order valence-corrected chi connectivity index (χ1v) is 10.7. The second-order valence-electron chi connectivity index (χ2n) is 6.88. The van der Waals surface area contributed by atoms with Crippen molar-refractivity contribution in [2.45, 2.75) is 36.3 Å². The molecule has 2 atom stereocenters. The Morgan fingerprint density at radius 1 is 1.17 bits per heavy atom. The van der Waals surface area contributed by atoms with Gasteiger partial charge in [-0.25, -0.2) is 0 Å². The first kappa shape index (κ1) is 23.5. The van der Waals surface area contributed by atoms with Crippen LogP contribution in [0.3, 0.4) is 0 Å². The van der Waals surface area contributed by atoms with E-state index in [4.69, 9.17) is 4.99 Å². The lowest BCUT2D eigenvalue weighted by Gasteiger charge is -2.26. The maximum Gasteiger partial charge on any atom is 0.225 e. The number of anilines is 1. The Kier molecular flexibility index (Phi) is 9.80. The van der Waals surface area contributed by atoms with Crippen molar-refractivity contribution in [3.63, 3.8) is 0 Å². The van der Waals surface area contributed by atoms with E-state index in [9.17, 15) is 4.79 Å². The molecular formula is C22H29IN4OS. The molecule has 0 bridgehead atoms. The summed E-state index contributed by atoms with van der Waals surface area (Å²) in [6.07, 6.45) is 0.490. The molecule has 0 spiro atoms. The van der Waals surface area contributed by atoms with Gasteiger partial charge in [-0.3, -0.25) is 9.79 Å². The van der Waals surface area contributed by atoms with E-state index in [1.807, 2.05) is 36.0 Å². The predicted molar refractivity (Wildman–Crippen MR) is 134 cm³/mol.